The lowest BCUT2D eigenvalue weighted by Gasteiger charge is -2.19. The van der Waals surface area contributed by atoms with Gasteiger partial charge >= 0.3 is 6.03 Å². The fourth-order valence-corrected chi connectivity index (χ4v) is 2.54. The normalized spacial score (nSPS) is 17.1. The highest BCUT2D eigenvalue weighted by atomic mass is 16.3. The lowest BCUT2D eigenvalue weighted by molar-refractivity contribution is 0.213. The quantitative estimate of drug-likeness (QED) is 0.758. The van der Waals surface area contributed by atoms with Gasteiger partial charge in [-0.05, 0) is 24.8 Å². The minimum atomic E-state index is -0.233. The van der Waals surface area contributed by atoms with Crippen molar-refractivity contribution in [2.45, 2.75) is 44.2 Å². The van der Waals surface area contributed by atoms with Gasteiger partial charge in [-0.25, -0.2) is 4.79 Å². The molecule has 1 atom stereocenters. The molecule has 0 radical (unpaired) electrons. The van der Waals surface area contributed by atoms with Crippen molar-refractivity contribution in [1.29, 1.82) is 0 Å². The van der Waals surface area contributed by atoms with Crippen LogP contribution in [0.5, 0.6) is 0 Å². The second kappa shape index (κ2) is 7.14. The Hall–Kier alpha value is -1.55. The number of aliphatic hydroxyl groups is 1. The first-order valence-corrected chi connectivity index (χ1v) is 6.99. The van der Waals surface area contributed by atoms with E-state index in [2.05, 4.69) is 10.6 Å². The summed E-state index contributed by atoms with van der Waals surface area (Å²) in [7, 11) is 0. The van der Waals surface area contributed by atoms with Crippen LogP contribution >= 0.6 is 0 Å². The van der Waals surface area contributed by atoms with E-state index in [1.165, 1.54) is 12.8 Å². The lowest BCUT2D eigenvalue weighted by Crippen LogP contribution is -2.47. The van der Waals surface area contributed by atoms with Crippen molar-refractivity contribution in [3.63, 3.8) is 0 Å². The van der Waals surface area contributed by atoms with Gasteiger partial charge in [-0.1, -0.05) is 43.2 Å². The molecule has 0 heterocycles. The molecule has 0 spiro atoms. The average Bonchev–Trinajstić information content (AvgIpc) is 2.92. The Kier molecular flexibility index (Phi) is 5.21. The second-order valence-corrected chi connectivity index (χ2v) is 5.17. The van der Waals surface area contributed by atoms with Gasteiger partial charge in [0.15, 0.2) is 0 Å². The summed E-state index contributed by atoms with van der Waals surface area (Å²) in [5.41, 5.74) is 1.11. The Bertz CT molecular complexity index is 388. The van der Waals surface area contributed by atoms with E-state index in [0.717, 1.165) is 18.4 Å². The predicted octanol–water partition coefficient (Wildman–Crippen LogP) is 1.83. The van der Waals surface area contributed by atoms with E-state index in [1.807, 2.05) is 30.3 Å². The third-order valence-electron chi connectivity index (χ3n) is 3.57. The molecule has 1 fully saturated rings. The van der Waals surface area contributed by atoms with Crippen molar-refractivity contribution in [2.24, 2.45) is 0 Å². The van der Waals surface area contributed by atoms with Crippen LogP contribution in [-0.2, 0) is 6.42 Å². The fourth-order valence-electron chi connectivity index (χ4n) is 2.54. The smallest absolute Gasteiger partial charge is 0.315 e. The third-order valence-corrected chi connectivity index (χ3v) is 3.57. The summed E-state index contributed by atoms with van der Waals surface area (Å²) in [4.78, 5) is 11.8. The molecule has 0 aromatic heterocycles. The molecular formula is C15H22N2O2. The van der Waals surface area contributed by atoms with E-state index in [4.69, 9.17) is 0 Å². The number of rotatable bonds is 5. The highest BCUT2D eigenvalue weighted by Crippen LogP contribution is 2.17. The molecular weight excluding hydrogens is 240 g/mol. The maximum absolute atomic E-state index is 11.8. The maximum atomic E-state index is 11.8. The SMILES string of the molecule is O=C(NC1CCCC1)N[C@H](CO)Cc1ccccc1. The molecule has 1 aromatic rings. The first-order chi connectivity index (χ1) is 9.28. The number of benzene rings is 1. The van der Waals surface area contributed by atoms with Crippen LogP contribution in [0, 0.1) is 0 Å². The summed E-state index contributed by atoms with van der Waals surface area (Å²) in [5, 5.41) is 15.2. The first-order valence-electron chi connectivity index (χ1n) is 6.99. The fraction of sp³-hybridized carbons (Fsp3) is 0.533. The largest absolute Gasteiger partial charge is 0.394 e. The second-order valence-electron chi connectivity index (χ2n) is 5.17. The Balaban J connectivity index is 1.79. The van der Waals surface area contributed by atoms with Crippen LogP contribution in [0.3, 0.4) is 0 Å². The van der Waals surface area contributed by atoms with Gasteiger partial charge in [0, 0.05) is 6.04 Å². The van der Waals surface area contributed by atoms with Gasteiger partial charge in [-0.15, -0.1) is 0 Å². The number of aliphatic hydroxyl groups excluding tert-OH is 1. The highest BCUT2D eigenvalue weighted by molar-refractivity contribution is 5.74. The van der Waals surface area contributed by atoms with Crippen LogP contribution in [0.4, 0.5) is 4.79 Å². The van der Waals surface area contributed by atoms with Gasteiger partial charge in [-0.2, -0.15) is 0 Å². The molecule has 1 saturated carbocycles. The van der Waals surface area contributed by atoms with Crippen LogP contribution < -0.4 is 10.6 Å². The Morgan fingerprint density at radius 2 is 1.95 bits per heavy atom. The lowest BCUT2D eigenvalue weighted by atomic mass is 10.1. The van der Waals surface area contributed by atoms with Crippen molar-refractivity contribution < 1.29 is 9.90 Å². The van der Waals surface area contributed by atoms with Gasteiger partial charge < -0.3 is 15.7 Å². The molecule has 2 amide bonds. The molecule has 0 unspecified atom stereocenters. The van der Waals surface area contributed by atoms with E-state index >= 15 is 0 Å². The van der Waals surface area contributed by atoms with E-state index in [9.17, 15) is 9.90 Å². The van der Waals surface area contributed by atoms with Crippen LogP contribution in [0.2, 0.25) is 0 Å². The maximum Gasteiger partial charge on any atom is 0.315 e. The van der Waals surface area contributed by atoms with Gasteiger partial charge in [0.1, 0.15) is 0 Å². The zero-order valence-electron chi connectivity index (χ0n) is 11.1. The average molecular weight is 262 g/mol. The number of hydrogen-bond donors (Lipinski definition) is 3. The molecule has 1 aromatic carbocycles. The summed E-state index contributed by atoms with van der Waals surface area (Å²) in [6.07, 6.45) is 5.16. The van der Waals surface area contributed by atoms with Crippen LogP contribution in [0.25, 0.3) is 0 Å². The monoisotopic (exact) mass is 262 g/mol. The zero-order chi connectivity index (χ0) is 13.5. The molecule has 2 rings (SSSR count). The molecule has 4 nitrogen and oxygen atoms in total. The molecule has 104 valence electrons. The topological polar surface area (TPSA) is 61.4 Å². The molecule has 1 aliphatic rings. The van der Waals surface area contributed by atoms with E-state index in [1.54, 1.807) is 0 Å². The highest BCUT2D eigenvalue weighted by Gasteiger charge is 2.18. The first kappa shape index (κ1) is 13.9. The van der Waals surface area contributed by atoms with E-state index in [0.29, 0.717) is 12.5 Å². The van der Waals surface area contributed by atoms with Gasteiger partial charge in [-0.3, -0.25) is 0 Å². The van der Waals surface area contributed by atoms with Crippen LogP contribution in [0.1, 0.15) is 31.2 Å². The van der Waals surface area contributed by atoms with Gasteiger partial charge in [0.05, 0.1) is 12.6 Å². The number of urea groups is 1. The van der Waals surface area contributed by atoms with Crippen molar-refractivity contribution in [3.05, 3.63) is 35.9 Å². The molecule has 3 N–H and O–H groups in total. The number of nitrogens with one attached hydrogen (secondary N) is 2. The summed E-state index contributed by atoms with van der Waals surface area (Å²) < 4.78 is 0. The number of amides is 2. The number of carbonyl (C=O) groups is 1. The zero-order valence-corrected chi connectivity index (χ0v) is 11.1. The molecule has 4 heteroatoms. The third kappa shape index (κ3) is 4.56. The minimum Gasteiger partial charge on any atom is -0.394 e. The Morgan fingerprint density at radius 3 is 2.58 bits per heavy atom. The summed E-state index contributed by atoms with van der Waals surface area (Å²) in [5.74, 6) is 0. The van der Waals surface area contributed by atoms with Gasteiger partial charge in [0.2, 0.25) is 0 Å². The summed E-state index contributed by atoms with van der Waals surface area (Å²) in [6.45, 7) is -0.0486. The van der Waals surface area contributed by atoms with Crippen molar-refractivity contribution >= 4 is 6.03 Å². The minimum absolute atomic E-state index is 0.0486. The van der Waals surface area contributed by atoms with Crippen molar-refractivity contribution in [1.82, 2.24) is 10.6 Å². The summed E-state index contributed by atoms with van der Waals surface area (Å²) >= 11 is 0. The van der Waals surface area contributed by atoms with Gasteiger partial charge in [0.25, 0.3) is 0 Å². The molecule has 1 aliphatic carbocycles. The molecule has 0 aliphatic heterocycles. The molecule has 19 heavy (non-hydrogen) atoms. The van der Waals surface area contributed by atoms with E-state index < -0.39 is 0 Å². The van der Waals surface area contributed by atoms with Crippen LogP contribution in [-0.4, -0.2) is 29.8 Å². The Morgan fingerprint density at radius 1 is 1.26 bits per heavy atom. The van der Waals surface area contributed by atoms with Crippen molar-refractivity contribution in [3.8, 4) is 0 Å². The van der Waals surface area contributed by atoms with Crippen molar-refractivity contribution in [2.75, 3.05) is 6.61 Å². The number of hydrogen-bond acceptors (Lipinski definition) is 2. The van der Waals surface area contributed by atoms with Crippen LogP contribution in [0.15, 0.2) is 30.3 Å². The number of carbonyl (C=O) groups excluding carboxylic acids is 1. The predicted molar refractivity (Wildman–Crippen MR) is 74.9 cm³/mol. The van der Waals surface area contributed by atoms with E-state index in [-0.39, 0.29) is 18.7 Å². The summed E-state index contributed by atoms with van der Waals surface area (Å²) in [6, 6.07) is 9.78. The standard InChI is InChI=1S/C15H22N2O2/c18-11-14(10-12-6-2-1-3-7-12)17-15(19)16-13-8-4-5-9-13/h1-3,6-7,13-14,18H,4-5,8-11H2,(H2,16,17,19)/t14-/m0/s1. The molecule has 0 bridgehead atoms. The molecule has 0 saturated heterocycles. The Labute approximate surface area is 114 Å².